The maximum atomic E-state index is 5.49. The van der Waals surface area contributed by atoms with Crippen LogP contribution in [0.3, 0.4) is 0 Å². The molecule has 68 valence electrons. The molecule has 5 heteroatoms. The van der Waals surface area contributed by atoms with Gasteiger partial charge in [0.2, 0.25) is 0 Å². The molecule has 1 aromatic heterocycles. The number of rotatable bonds is 4. The monoisotopic (exact) mass is 171 g/mol. The van der Waals surface area contributed by atoms with Crippen molar-refractivity contribution in [2.75, 3.05) is 11.9 Å². The average Bonchev–Trinajstić information content (AvgIpc) is 2.36. The summed E-state index contributed by atoms with van der Waals surface area (Å²) >= 11 is 0. The topological polar surface area (TPSA) is 73.3 Å². The molecule has 0 aliphatic heterocycles. The Balaban J connectivity index is 2.41. The lowest BCUT2D eigenvalue weighted by Gasteiger charge is -2.10. The van der Waals surface area contributed by atoms with Crippen LogP contribution in [0.1, 0.15) is 12.7 Å². The van der Waals surface area contributed by atoms with E-state index in [1.165, 1.54) is 0 Å². The highest BCUT2D eigenvalue weighted by atomic mass is 16.5. The SMILES string of the molecule is CCOC(N)Nc1ncc(C)o1. The van der Waals surface area contributed by atoms with Crippen molar-refractivity contribution in [1.29, 1.82) is 0 Å². The number of aromatic nitrogens is 1. The minimum absolute atomic E-state index is 0.383. The first-order chi connectivity index (χ1) is 5.72. The van der Waals surface area contributed by atoms with E-state index in [0.29, 0.717) is 12.6 Å². The molecule has 0 amide bonds. The Morgan fingerprint density at radius 1 is 1.83 bits per heavy atom. The summed E-state index contributed by atoms with van der Waals surface area (Å²) in [5.41, 5.74) is 5.49. The van der Waals surface area contributed by atoms with E-state index in [-0.39, 0.29) is 0 Å². The second-order valence-electron chi connectivity index (χ2n) is 2.30. The Kier molecular flexibility index (Phi) is 3.07. The van der Waals surface area contributed by atoms with Crippen LogP contribution in [0.25, 0.3) is 0 Å². The largest absolute Gasteiger partial charge is 0.429 e. The van der Waals surface area contributed by atoms with Gasteiger partial charge >= 0.3 is 0 Å². The highest BCUT2D eigenvalue weighted by Gasteiger charge is 2.04. The average molecular weight is 171 g/mol. The third kappa shape index (κ3) is 2.52. The number of oxazole rings is 1. The number of nitrogens with zero attached hydrogens (tertiary/aromatic N) is 1. The maximum Gasteiger partial charge on any atom is 0.297 e. The zero-order valence-corrected chi connectivity index (χ0v) is 7.20. The van der Waals surface area contributed by atoms with Crippen LogP contribution in [-0.2, 0) is 4.74 Å². The number of anilines is 1. The fourth-order valence-electron chi connectivity index (χ4n) is 0.764. The number of hydrogen-bond donors (Lipinski definition) is 2. The number of ether oxygens (including phenoxy) is 1. The number of hydrogen-bond acceptors (Lipinski definition) is 5. The molecule has 5 nitrogen and oxygen atoms in total. The van der Waals surface area contributed by atoms with Crippen LogP contribution >= 0.6 is 0 Å². The molecule has 0 bridgehead atoms. The molecule has 0 aliphatic carbocycles. The summed E-state index contributed by atoms with van der Waals surface area (Å²) in [6.07, 6.45) is 1.05. The van der Waals surface area contributed by atoms with Crippen molar-refractivity contribution in [3.05, 3.63) is 12.0 Å². The Bertz CT molecular complexity index is 236. The zero-order valence-electron chi connectivity index (χ0n) is 7.20. The lowest BCUT2D eigenvalue weighted by Crippen LogP contribution is -2.32. The van der Waals surface area contributed by atoms with Gasteiger partial charge in [-0.2, -0.15) is 0 Å². The molecule has 0 aliphatic rings. The first-order valence-corrected chi connectivity index (χ1v) is 3.78. The third-order valence-corrected chi connectivity index (χ3v) is 1.23. The van der Waals surface area contributed by atoms with E-state index in [1.54, 1.807) is 6.20 Å². The van der Waals surface area contributed by atoms with E-state index < -0.39 is 6.35 Å². The van der Waals surface area contributed by atoms with Crippen molar-refractivity contribution in [3.8, 4) is 0 Å². The van der Waals surface area contributed by atoms with Crippen LogP contribution in [0.2, 0.25) is 0 Å². The van der Waals surface area contributed by atoms with Crippen molar-refractivity contribution in [1.82, 2.24) is 4.98 Å². The van der Waals surface area contributed by atoms with E-state index in [9.17, 15) is 0 Å². The first kappa shape index (κ1) is 9.02. The molecule has 1 atom stereocenters. The first-order valence-electron chi connectivity index (χ1n) is 3.78. The van der Waals surface area contributed by atoms with Gasteiger partial charge in [-0.15, -0.1) is 0 Å². The summed E-state index contributed by atoms with van der Waals surface area (Å²) < 4.78 is 10.1. The molecule has 0 fully saturated rings. The fourth-order valence-corrected chi connectivity index (χ4v) is 0.764. The van der Waals surface area contributed by atoms with Gasteiger partial charge in [0.15, 0.2) is 6.35 Å². The van der Waals surface area contributed by atoms with Crippen LogP contribution in [0.15, 0.2) is 10.6 Å². The molecule has 0 aromatic carbocycles. The zero-order chi connectivity index (χ0) is 8.97. The van der Waals surface area contributed by atoms with Crippen molar-refractivity contribution < 1.29 is 9.15 Å². The number of nitrogens with one attached hydrogen (secondary N) is 1. The molecular formula is C7H13N3O2. The predicted molar refractivity (Wildman–Crippen MR) is 44.5 cm³/mol. The van der Waals surface area contributed by atoms with Gasteiger partial charge in [0.1, 0.15) is 5.76 Å². The van der Waals surface area contributed by atoms with E-state index in [0.717, 1.165) is 5.76 Å². The molecule has 12 heavy (non-hydrogen) atoms. The second kappa shape index (κ2) is 4.08. The molecule has 1 heterocycles. The van der Waals surface area contributed by atoms with Crippen LogP contribution in [0.4, 0.5) is 6.01 Å². The minimum atomic E-state index is -0.562. The van der Waals surface area contributed by atoms with Crippen LogP contribution in [-0.4, -0.2) is 17.9 Å². The van der Waals surface area contributed by atoms with Crippen molar-refractivity contribution in [3.63, 3.8) is 0 Å². The highest BCUT2D eigenvalue weighted by molar-refractivity contribution is 5.20. The van der Waals surface area contributed by atoms with E-state index in [4.69, 9.17) is 14.9 Å². The normalized spacial score (nSPS) is 12.9. The summed E-state index contributed by atoms with van der Waals surface area (Å²) in [7, 11) is 0. The van der Waals surface area contributed by atoms with Crippen molar-refractivity contribution in [2.24, 2.45) is 5.73 Å². The van der Waals surface area contributed by atoms with E-state index >= 15 is 0 Å². The molecule has 0 saturated heterocycles. The van der Waals surface area contributed by atoms with Gasteiger partial charge in [0.25, 0.3) is 6.01 Å². The Labute approximate surface area is 70.9 Å². The number of nitrogens with two attached hydrogens (primary N) is 1. The molecule has 0 saturated carbocycles. The molecule has 1 rings (SSSR count). The molecule has 0 radical (unpaired) electrons. The van der Waals surface area contributed by atoms with Gasteiger partial charge < -0.3 is 14.5 Å². The van der Waals surface area contributed by atoms with Gasteiger partial charge in [-0.3, -0.25) is 5.73 Å². The predicted octanol–water partition coefficient (Wildman–Crippen LogP) is 0.674. The van der Waals surface area contributed by atoms with E-state index in [2.05, 4.69) is 10.3 Å². The summed E-state index contributed by atoms with van der Waals surface area (Å²) in [5, 5.41) is 2.74. The fraction of sp³-hybridized carbons (Fsp3) is 0.571. The quantitative estimate of drug-likeness (QED) is 0.651. The smallest absolute Gasteiger partial charge is 0.297 e. The van der Waals surface area contributed by atoms with Gasteiger partial charge in [-0.1, -0.05) is 0 Å². The van der Waals surface area contributed by atoms with Crippen LogP contribution in [0, 0.1) is 6.92 Å². The summed E-state index contributed by atoms with van der Waals surface area (Å²) in [6, 6.07) is 0.383. The highest BCUT2D eigenvalue weighted by Crippen LogP contribution is 2.07. The number of aryl methyl sites for hydroxylation is 1. The lowest BCUT2D eigenvalue weighted by molar-refractivity contribution is 0.0857. The standard InChI is InChI=1S/C7H13N3O2/c1-3-11-6(8)10-7-9-4-5(2)12-7/h4,6H,3,8H2,1-2H3,(H,9,10). The summed E-state index contributed by atoms with van der Waals surface area (Å²) in [6.45, 7) is 4.22. The molecular weight excluding hydrogens is 158 g/mol. The molecule has 0 spiro atoms. The minimum Gasteiger partial charge on any atom is -0.429 e. The second-order valence-corrected chi connectivity index (χ2v) is 2.30. The summed E-state index contributed by atoms with van der Waals surface area (Å²) in [4.78, 5) is 3.90. The molecule has 1 unspecified atom stereocenters. The summed E-state index contributed by atoms with van der Waals surface area (Å²) in [5.74, 6) is 0.737. The third-order valence-electron chi connectivity index (χ3n) is 1.23. The van der Waals surface area contributed by atoms with Gasteiger partial charge in [0.05, 0.1) is 6.20 Å². The van der Waals surface area contributed by atoms with Gasteiger partial charge in [-0.25, -0.2) is 4.98 Å². The lowest BCUT2D eigenvalue weighted by atomic mass is 10.6. The van der Waals surface area contributed by atoms with Gasteiger partial charge in [-0.05, 0) is 13.8 Å². The molecule has 1 aromatic rings. The Hall–Kier alpha value is -1.07. The maximum absolute atomic E-state index is 5.49. The van der Waals surface area contributed by atoms with Crippen LogP contribution in [0.5, 0.6) is 0 Å². The van der Waals surface area contributed by atoms with Gasteiger partial charge in [0, 0.05) is 6.61 Å². The van der Waals surface area contributed by atoms with E-state index in [1.807, 2.05) is 13.8 Å². The van der Waals surface area contributed by atoms with Crippen molar-refractivity contribution in [2.45, 2.75) is 20.2 Å². The van der Waals surface area contributed by atoms with Crippen molar-refractivity contribution >= 4 is 6.01 Å². The van der Waals surface area contributed by atoms with Crippen LogP contribution < -0.4 is 11.1 Å². The Morgan fingerprint density at radius 2 is 2.58 bits per heavy atom. The molecule has 3 N–H and O–H groups in total. The Morgan fingerprint density at radius 3 is 3.08 bits per heavy atom.